The summed E-state index contributed by atoms with van der Waals surface area (Å²) < 4.78 is 5.30. The van der Waals surface area contributed by atoms with E-state index in [-0.39, 0.29) is 19.1 Å². The lowest BCUT2D eigenvalue weighted by Gasteiger charge is -2.39. The standard InChI is InChI=1S/C18H25N3O4/c1-3-21(15-9-25-10-16(22)18(15)24)17(23)7-5-12-4-6-13-14(8-12)20-11(2)19-13/h4,6,8,15-16,18,22,24H,3,5,7,9-10H2,1-2H3,(H,19,20)/t15-,16-,18+/m1/s1. The molecule has 0 spiro atoms. The Hall–Kier alpha value is -1.96. The second kappa shape index (κ2) is 7.51. The van der Waals surface area contributed by atoms with Crippen LogP contribution in [0.1, 0.15) is 24.7 Å². The maximum Gasteiger partial charge on any atom is 0.223 e. The van der Waals surface area contributed by atoms with Crippen LogP contribution in [-0.4, -0.2) is 69.0 Å². The number of aromatic nitrogens is 2. The number of aryl methyl sites for hydroxylation is 2. The van der Waals surface area contributed by atoms with Crippen LogP contribution in [0, 0.1) is 6.92 Å². The normalized spacial score (nSPS) is 23.8. The summed E-state index contributed by atoms with van der Waals surface area (Å²) in [7, 11) is 0. The van der Waals surface area contributed by atoms with Gasteiger partial charge in [0.05, 0.1) is 30.3 Å². The van der Waals surface area contributed by atoms with Crippen molar-refractivity contribution in [3.05, 3.63) is 29.6 Å². The number of carbonyl (C=O) groups excluding carboxylic acids is 1. The van der Waals surface area contributed by atoms with E-state index >= 15 is 0 Å². The minimum Gasteiger partial charge on any atom is -0.388 e. The topological polar surface area (TPSA) is 98.7 Å². The van der Waals surface area contributed by atoms with E-state index in [0.29, 0.717) is 19.4 Å². The van der Waals surface area contributed by atoms with Crippen molar-refractivity contribution in [2.45, 2.75) is 44.9 Å². The van der Waals surface area contributed by atoms with Crippen LogP contribution >= 0.6 is 0 Å². The number of imidazole rings is 1. The number of hydrogen-bond donors (Lipinski definition) is 3. The average molecular weight is 347 g/mol. The van der Waals surface area contributed by atoms with E-state index in [2.05, 4.69) is 9.97 Å². The zero-order chi connectivity index (χ0) is 18.0. The first-order valence-corrected chi connectivity index (χ1v) is 8.68. The molecule has 0 saturated carbocycles. The number of amides is 1. The first-order valence-electron chi connectivity index (χ1n) is 8.68. The van der Waals surface area contributed by atoms with Gasteiger partial charge in [0.1, 0.15) is 18.0 Å². The number of aliphatic hydroxyl groups is 2. The molecule has 136 valence electrons. The van der Waals surface area contributed by atoms with Crippen LogP contribution < -0.4 is 0 Å². The molecule has 1 amide bonds. The van der Waals surface area contributed by atoms with Gasteiger partial charge in [-0.25, -0.2) is 4.98 Å². The molecule has 0 unspecified atom stereocenters. The first kappa shape index (κ1) is 17.8. The maximum absolute atomic E-state index is 12.6. The van der Waals surface area contributed by atoms with Crippen LogP contribution in [0.5, 0.6) is 0 Å². The van der Waals surface area contributed by atoms with Gasteiger partial charge in [-0.2, -0.15) is 0 Å². The van der Waals surface area contributed by atoms with Gasteiger partial charge in [-0.3, -0.25) is 4.79 Å². The van der Waals surface area contributed by atoms with Crippen LogP contribution in [0.3, 0.4) is 0 Å². The Morgan fingerprint density at radius 2 is 2.20 bits per heavy atom. The van der Waals surface area contributed by atoms with E-state index in [4.69, 9.17) is 4.74 Å². The van der Waals surface area contributed by atoms with E-state index in [1.54, 1.807) is 4.90 Å². The summed E-state index contributed by atoms with van der Waals surface area (Å²) in [5, 5.41) is 19.9. The summed E-state index contributed by atoms with van der Waals surface area (Å²) in [5.74, 6) is 0.815. The number of rotatable bonds is 5. The molecule has 7 nitrogen and oxygen atoms in total. The van der Waals surface area contributed by atoms with Gasteiger partial charge in [0.15, 0.2) is 0 Å². The van der Waals surface area contributed by atoms with Crippen molar-refractivity contribution in [2.75, 3.05) is 19.8 Å². The van der Waals surface area contributed by atoms with E-state index < -0.39 is 18.2 Å². The highest BCUT2D eigenvalue weighted by Gasteiger charge is 2.36. The van der Waals surface area contributed by atoms with Crippen molar-refractivity contribution in [3.8, 4) is 0 Å². The van der Waals surface area contributed by atoms with Gasteiger partial charge in [0, 0.05) is 13.0 Å². The summed E-state index contributed by atoms with van der Waals surface area (Å²) in [4.78, 5) is 21.8. The van der Waals surface area contributed by atoms with Crippen molar-refractivity contribution in [1.29, 1.82) is 0 Å². The highest BCUT2D eigenvalue weighted by atomic mass is 16.5. The van der Waals surface area contributed by atoms with Gasteiger partial charge in [-0.05, 0) is 38.0 Å². The van der Waals surface area contributed by atoms with Crippen molar-refractivity contribution in [3.63, 3.8) is 0 Å². The van der Waals surface area contributed by atoms with Crippen LogP contribution in [0.25, 0.3) is 11.0 Å². The number of carbonyl (C=O) groups is 1. The van der Waals surface area contributed by atoms with Crippen molar-refractivity contribution in [1.82, 2.24) is 14.9 Å². The molecule has 0 bridgehead atoms. The third-order valence-electron chi connectivity index (χ3n) is 4.72. The zero-order valence-corrected chi connectivity index (χ0v) is 14.6. The number of ether oxygens (including phenoxy) is 1. The molecular weight excluding hydrogens is 322 g/mol. The molecule has 1 saturated heterocycles. The van der Waals surface area contributed by atoms with Crippen molar-refractivity contribution >= 4 is 16.9 Å². The lowest BCUT2D eigenvalue weighted by Crippen LogP contribution is -2.57. The summed E-state index contributed by atoms with van der Waals surface area (Å²) in [6.45, 7) is 4.60. The number of benzene rings is 1. The monoisotopic (exact) mass is 347 g/mol. The van der Waals surface area contributed by atoms with E-state index in [9.17, 15) is 15.0 Å². The van der Waals surface area contributed by atoms with Crippen LogP contribution in [0.15, 0.2) is 18.2 Å². The third kappa shape index (κ3) is 3.84. The molecule has 3 N–H and O–H groups in total. The predicted molar refractivity (Wildman–Crippen MR) is 93.2 cm³/mol. The molecule has 0 radical (unpaired) electrons. The fourth-order valence-electron chi connectivity index (χ4n) is 3.37. The molecule has 1 aromatic carbocycles. The molecular formula is C18H25N3O4. The Morgan fingerprint density at radius 3 is 2.96 bits per heavy atom. The summed E-state index contributed by atoms with van der Waals surface area (Å²) in [6.07, 6.45) is -0.977. The number of nitrogens with zero attached hydrogens (tertiary/aromatic N) is 2. The summed E-state index contributed by atoms with van der Waals surface area (Å²) >= 11 is 0. The minimum absolute atomic E-state index is 0.0508. The number of aliphatic hydroxyl groups excluding tert-OH is 2. The molecule has 2 aromatic rings. The molecule has 1 aliphatic rings. The average Bonchev–Trinajstić information content (AvgIpc) is 2.96. The highest BCUT2D eigenvalue weighted by Crippen LogP contribution is 2.18. The van der Waals surface area contributed by atoms with Crippen molar-refractivity contribution in [2.24, 2.45) is 0 Å². The van der Waals surface area contributed by atoms with E-state index in [0.717, 1.165) is 22.4 Å². The molecule has 1 aromatic heterocycles. The Kier molecular flexibility index (Phi) is 5.36. The van der Waals surface area contributed by atoms with Gasteiger partial charge in [0.2, 0.25) is 5.91 Å². The van der Waals surface area contributed by atoms with Gasteiger partial charge >= 0.3 is 0 Å². The van der Waals surface area contributed by atoms with Gasteiger partial charge in [-0.1, -0.05) is 6.07 Å². The molecule has 7 heteroatoms. The van der Waals surface area contributed by atoms with Crippen LogP contribution in [-0.2, 0) is 16.0 Å². The zero-order valence-electron chi connectivity index (χ0n) is 14.6. The predicted octanol–water partition coefficient (Wildman–Crippen LogP) is 0.773. The van der Waals surface area contributed by atoms with Crippen molar-refractivity contribution < 1.29 is 19.7 Å². The molecule has 0 aliphatic carbocycles. The summed E-state index contributed by atoms with van der Waals surface area (Å²) in [6, 6.07) is 5.44. The largest absolute Gasteiger partial charge is 0.388 e. The Labute approximate surface area is 146 Å². The smallest absolute Gasteiger partial charge is 0.223 e. The van der Waals surface area contributed by atoms with Gasteiger partial charge < -0.3 is 24.8 Å². The first-order chi connectivity index (χ1) is 12.0. The van der Waals surface area contributed by atoms with E-state index in [1.165, 1.54) is 0 Å². The second-order valence-corrected chi connectivity index (χ2v) is 6.52. The van der Waals surface area contributed by atoms with Crippen LogP contribution in [0.4, 0.5) is 0 Å². The van der Waals surface area contributed by atoms with Gasteiger partial charge in [-0.15, -0.1) is 0 Å². The fourth-order valence-corrected chi connectivity index (χ4v) is 3.37. The van der Waals surface area contributed by atoms with Gasteiger partial charge in [0.25, 0.3) is 0 Å². The summed E-state index contributed by atoms with van der Waals surface area (Å²) in [5.41, 5.74) is 2.94. The fraction of sp³-hybridized carbons (Fsp3) is 0.556. The Bertz CT molecular complexity index is 745. The third-order valence-corrected chi connectivity index (χ3v) is 4.72. The minimum atomic E-state index is -0.970. The number of H-pyrrole nitrogens is 1. The quantitative estimate of drug-likeness (QED) is 0.742. The molecule has 3 rings (SSSR count). The lowest BCUT2D eigenvalue weighted by molar-refractivity contribution is -0.155. The van der Waals surface area contributed by atoms with E-state index in [1.807, 2.05) is 32.0 Å². The number of likely N-dealkylation sites (N-methyl/N-ethyl adjacent to an activating group) is 1. The second-order valence-electron chi connectivity index (χ2n) is 6.52. The number of fused-ring (bicyclic) bond motifs is 1. The SMILES string of the molecule is CCN(C(=O)CCc1ccc2nc(C)[nH]c2c1)[C@@H]1COC[C@@H](O)[C@H]1O. The molecule has 1 aliphatic heterocycles. The number of hydrogen-bond acceptors (Lipinski definition) is 5. The van der Waals surface area contributed by atoms with Crippen LogP contribution in [0.2, 0.25) is 0 Å². The number of nitrogens with one attached hydrogen (secondary N) is 1. The number of aromatic amines is 1. The maximum atomic E-state index is 12.6. The molecule has 25 heavy (non-hydrogen) atoms. The Balaban J connectivity index is 1.64. The molecule has 2 heterocycles. The molecule has 3 atom stereocenters. The Morgan fingerprint density at radius 1 is 1.40 bits per heavy atom. The lowest BCUT2D eigenvalue weighted by atomic mass is 10.0. The highest BCUT2D eigenvalue weighted by molar-refractivity contribution is 5.78. The molecule has 1 fully saturated rings.